The maximum atomic E-state index is 13.7. The summed E-state index contributed by atoms with van der Waals surface area (Å²) in [6.45, 7) is 2.03. The summed E-state index contributed by atoms with van der Waals surface area (Å²) in [6.07, 6.45) is 3.98. The second-order valence-electron chi connectivity index (χ2n) is 8.12. The Kier molecular flexibility index (Phi) is 8.73. The molecule has 4 rings (SSSR count). The van der Waals surface area contributed by atoms with Crippen LogP contribution in [0.1, 0.15) is 18.9 Å². The molecule has 0 radical (unpaired) electrons. The minimum atomic E-state index is -0.264. The molecular weight excluding hydrogens is 464 g/mol. The van der Waals surface area contributed by atoms with Crippen molar-refractivity contribution < 1.29 is 9.59 Å². The number of thioether (sulfide) groups is 1. The topological polar surface area (TPSA) is 49.4 Å². The van der Waals surface area contributed by atoms with Gasteiger partial charge in [-0.05, 0) is 66.6 Å². The molecule has 0 saturated heterocycles. The molecule has 0 aliphatic carbocycles. The molecule has 0 saturated carbocycles. The first-order chi connectivity index (χ1) is 17.6. The highest BCUT2D eigenvalue weighted by Crippen LogP contribution is 2.33. The molecule has 180 valence electrons. The van der Waals surface area contributed by atoms with Crippen LogP contribution >= 0.6 is 11.8 Å². The molecule has 4 aromatic carbocycles. The molecule has 1 atom stereocenters. The Morgan fingerprint density at radius 2 is 1.31 bits per heavy atom. The van der Waals surface area contributed by atoms with Gasteiger partial charge >= 0.3 is 0 Å². The van der Waals surface area contributed by atoms with E-state index in [1.165, 1.54) is 17.8 Å². The summed E-state index contributed by atoms with van der Waals surface area (Å²) in [5.41, 5.74) is 3.36. The zero-order valence-electron chi connectivity index (χ0n) is 20.1. The van der Waals surface area contributed by atoms with Crippen molar-refractivity contribution in [2.45, 2.75) is 23.5 Å². The summed E-state index contributed by atoms with van der Waals surface area (Å²) in [4.78, 5) is 28.8. The lowest BCUT2D eigenvalue weighted by Gasteiger charge is -2.27. The SMILES string of the molecule is CCC(Sc1ccc(NC(=O)/C=C/c2ccccc2)cc1)C(=O)N(c1ccccc1)c1ccccc1. The molecule has 0 spiro atoms. The number of nitrogens with zero attached hydrogens (tertiary/aromatic N) is 1. The number of hydrogen-bond acceptors (Lipinski definition) is 3. The van der Waals surface area contributed by atoms with E-state index in [2.05, 4.69) is 5.32 Å². The van der Waals surface area contributed by atoms with Crippen molar-refractivity contribution in [2.75, 3.05) is 10.2 Å². The van der Waals surface area contributed by atoms with E-state index in [0.29, 0.717) is 12.1 Å². The van der Waals surface area contributed by atoms with Crippen LogP contribution in [0.3, 0.4) is 0 Å². The van der Waals surface area contributed by atoms with Crippen LogP contribution in [0, 0.1) is 0 Å². The van der Waals surface area contributed by atoms with Gasteiger partial charge in [0, 0.05) is 28.0 Å². The highest BCUT2D eigenvalue weighted by molar-refractivity contribution is 8.00. The number of carbonyl (C=O) groups is 2. The van der Waals surface area contributed by atoms with E-state index in [-0.39, 0.29) is 17.1 Å². The summed E-state index contributed by atoms with van der Waals surface area (Å²) in [5, 5.41) is 2.62. The zero-order chi connectivity index (χ0) is 25.2. The summed E-state index contributed by atoms with van der Waals surface area (Å²) < 4.78 is 0. The number of anilines is 3. The molecule has 4 aromatic rings. The van der Waals surface area contributed by atoms with Crippen LogP contribution in [0.5, 0.6) is 0 Å². The normalized spacial score (nSPS) is 11.7. The monoisotopic (exact) mass is 492 g/mol. The Balaban J connectivity index is 1.44. The molecule has 0 fully saturated rings. The van der Waals surface area contributed by atoms with Gasteiger partial charge in [-0.25, -0.2) is 0 Å². The van der Waals surface area contributed by atoms with Crippen molar-refractivity contribution in [1.29, 1.82) is 0 Å². The smallest absolute Gasteiger partial charge is 0.248 e. The number of amides is 2. The van der Waals surface area contributed by atoms with Crippen molar-refractivity contribution in [3.05, 3.63) is 127 Å². The molecule has 1 unspecified atom stereocenters. The van der Waals surface area contributed by atoms with Gasteiger partial charge in [0.25, 0.3) is 0 Å². The lowest BCUT2D eigenvalue weighted by Crippen LogP contribution is -2.34. The quantitative estimate of drug-likeness (QED) is 0.194. The lowest BCUT2D eigenvalue weighted by molar-refractivity contribution is -0.117. The van der Waals surface area contributed by atoms with Crippen molar-refractivity contribution in [2.24, 2.45) is 0 Å². The van der Waals surface area contributed by atoms with E-state index in [0.717, 1.165) is 21.8 Å². The summed E-state index contributed by atoms with van der Waals surface area (Å²) in [6, 6.07) is 36.7. The maximum absolute atomic E-state index is 13.7. The Morgan fingerprint density at radius 1 is 0.778 bits per heavy atom. The van der Waals surface area contributed by atoms with E-state index in [9.17, 15) is 9.59 Å². The van der Waals surface area contributed by atoms with Crippen LogP contribution in [0.15, 0.2) is 126 Å². The van der Waals surface area contributed by atoms with Crippen LogP contribution < -0.4 is 10.2 Å². The van der Waals surface area contributed by atoms with Crippen LogP contribution in [-0.4, -0.2) is 17.1 Å². The molecule has 0 aliphatic rings. The maximum Gasteiger partial charge on any atom is 0.248 e. The number of benzene rings is 4. The third-order valence-electron chi connectivity index (χ3n) is 5.52. The number of hydrogen-bond donors (Lipinski definition) is 1. The second-order valence-corrected chi connectivity index (χ2v) is 9.39. The fourth-order valence-corrected chi connectivity index (χ4v) is 4.71. The Bertz CT molecular complexity index is 1250. The second kappa shape index (κ2) is 12.6. The molecule has 1 N–H and O–H groups in total. The lowest BCUT2D eigenvalue weighted by atomic mass is 10.2. The predicted molar refractivity (Wildman–Crippen MR) is 151 cm³/mol. The number of rotatable bonds is 9. The first-order valence-corrected chi connectivity index (χ1v) is 12.8. The van der Waals surface area contributed by atoms with Crippen molar-refractivity contribution in [3.8, 4) is 0 Å². The van der Waals surface area contributed by atoms with Gasteiger partial charge in [0.05, 0.1) is 5.25 Å². The van der Waals surface area contributed by atoms with Crippen LogP contribution in [0.25, 0.3) is 6.08 Å². The fourth-order valence-electron chi connectivity index (χ4n) is 3.71. The van der Waals surface area contributed by atoms with Gasteiger partial charge in [-0.1, -0.05) is 73.7 Å². The minimum absolute atomic E-state index is 0.0309. The molecule has 0 heterocycles. The average molecular weight is 493 g/mol. The number of carbonyl (C=O) groups excluding carboxylic acids is 2. The van der Waals surface area contributed by atoms with Gasteiger partial charge in [0.2, 0.25) is 11.8 Å². The molecule has 2 amide bonds. The van der Waals surface area contributed by atoms with Gasteiger partial charge in [0.1, 0.15) is 0 Å². The first kappa shape index (κ1) is 25.0. The fraction of sp³-hybridized carbons (Fsp3) is 0.0968. The molecule has 0 aromatic heterocycles. The van der Waals surface area contributed by atoms with E-state index < -0.39 is 0 Å². The van der Waals surface area contributed by atoms with E-state index in [1.807, 2.05) is 122 Å². The van der Waals surface area contributed by atoms with Crippen molar-refractivity contribution in [3.63, 3.8) is 0 Å². The molecule has 36 heavy (non-hydrogen) atoms. The minimum Gasteiger partial charge on any atom is -0.323 e. The van der Waals surface area contributed by atoms with Crippen molar-refractivity contribution >= 4 is 46.7 Å². The number of nitrogens with one attached hydrogen (secondary N) is 1. The summed E-state index contributed by atoms with van der Waals surface area (Å²) in [5.74, 6) is -0.162. The van der Waals surface area contributed by atoms with E-state index in [1.54, 1.807) is 11.0 Å². The Labute approximate surface area is 216 Å². The first-order valence-electron chi connectivity index (χ1n) is 11.9. The van der Waals surface area contributed by atoms with E-state index >= 15 is 0 Å². The third kappa shape index (κ3) is 6.74. The third-order valence-corrected chi connectivity index (χ3v) is 6.89. The predicted octanol–water partition coefficient (Wildman–Crippen LogP) is 7.57. The molecular formula is C31H28N2O2S. The summed E-state index contributed by atoms with van der Waals surface area (Å²) >= 11 is 1.53. The highest BCUT2D eigenvalue weighted by atomic mass is 32.2. The number of para-hydroxylation sites is 2. The van der Waals surface area contributed by atoms with Gasteiger partial charge < -0.3 is 5.32 Å². The molecule has 0 aliphatic heterocycles. The van der Waals surface area contributed by atoms with Gasteiger partial charge in [-0.3, -0.25) is 14.5 Å². The Morgan fingerprint density at radius 3 is 1.83 bits per heavy atom. The van der Waals surface area contributed by atoms with Crippen LogP contribution in [-0.2, 0) is 9.59 Å². The Hall–Kier alpha value is -4.09. The molecule has 5 heteroatoms. The van der Waals surface area contributed by atoms with Gasteiger partial charge in [-0.2, -0.15) is 0 Å². The van der Waals surface area contributed by atoms with Crippen molar-refractivity contribution in [1.82, 2.24) is 0 Å². The highest BCUT2D eigenvalue weighted by Gasteiger charge is 2.26. The van der Waals surface area contributed by atoms with Crippen LogP contribution in [0.4, 0.5) is 17.1 Å². The molecule has 0 bridgehead atoms. The largest absolute Gasteiger partial charge is 0.323 e. The zero-order valence-corrected chi connectivity index (χ0v) is 20.9. The standard InChI is InChI=1S/C31H28N2O2S/c1-2-29(31(35)33(26-14-8-4-9-15-26)27-16-10-5-11-17-27)36-28-21-19-25(20-22-28)32-30(34)23-18-24-12-6-3-7-13-24/h3-23,29H,2H2,1H3,(H,32,34)/b23-18+. The van der Waals surface area contributed by atoms with Crippen LogP contribution in [0.2, 0.25) is 0 Å². The van der Waals surface area contributed by atoms with Gasteiger partial charge in [-0.15, -0.1) is 11.8 Å². The van der Waals surface area contributed by atoms with E-state index in [4.69, 9.17) is 0 Å². The average Bonchev–Trinajstić information content (AvgIpc) is 2.93. The molecule has 4 nitrogen and oxygen atoms in total. The summed E-state index contributed by atoms with van der Waals surface area (Å²) in [7, 11) is 0. The van der Waals surface area contributed by atoms with Gasteiger partial charge in [0.15, 0.2) is 0 Å².